The fraction of sp³-hybridized carbons (Fsp3) is 0.273. The highest BCUT2D eigenvalue weighted by molar-refractivity contribution is 6.09. The molecule has 0 saturated carbocycles. The monoisotopic (exact) mass is 362 g/mol. The first-order chi connectivity index (χ1) is 13.0. The van der Waals surface area contributed by atoms with Crippen molar-refractivity contribution in [3.63, 3.8) is 0 Å². The molecule has 1 aliphatic heterocycles. The molecule has 0 radical (unpaired) electrons. The second kappa shape index (κ2) is 7.96. The number of hydrogen-bond acceptors (Lipinski definition) is 4. The van der Waals surface area contributed by atoms with E-state index in [1.807, 2.05) is 51.1 Å². The van der Waals surface area contributed by atoms with E-state index in [9.17, 15) is 10.1 Å². The Morgan fingerprint density at radius 2 is 2.11 bits per heavy atom. The molecule has 5 heteroatoms. The number of nitrogens with one attached hydrogen (secondary N) is 1. The molecule has 1 aliphatic rings. The van der Waals surface area contributed by atoms with Gasteiger partial charge >= 0.3 is 0 Å². The lowest BCUT2D eigenvalue weighted by Gasteiger charge is -2.11. The smallest absolute Gasteiger partial charge is 0.266 e. The molecule has 0 aliphatic carbocycles. The van der Waals surface area contributed by atoms with Crippen LogP contribution in [0.15, 0.2) is 42.0 Å². The number of aryl methyl sites for hydroxylation is 1. The molecule has 138 valence electrons. The van der Waals surface area contributed by atoms with Crippen LogP contribution in [0.1, 0.15) is 30.5 Å². The molecular weight excluding hydrogens is 340 g/mol. The summed E-state index contributed by atoms with van der Waals surface area (Å²) >= 11 is 0. The number of benzene rings is 2. The highest BCUT2D eigenvalue weighted by Crippen LogP contribution is 2.36. The van der Waals surface area contributed by atoms with Crippen molar-refractivity contribution in [3.05, 3.63) is 58.7 Å². The molecule has 5 nitrogen and oxygen atoms in total. The van der Waals surface area contributed by atoms with Crippen LogP contribution in [0.3, 0.4) is 0 Å². The summed E-state index contributed by atoms with van der Waals surface area (Å²) in [5.74, 6) is 0.955. The summed E-state index contributed by atoms with van der Waals surface area (Å²) in [7, 11) is 0. The summed E-state index contributed by atoms with van der Waals surface area (Å²) in [6.07, 6.45) is 2.47. The van der Waals surface area contributed by atoms with Gasteiger partial charge in [0.2, 0.25) is 0 Å². The minimum Gasteiger partial charge on any atom is -0.493 e. The molecule has 1 atom stereocenters. The maximum absolute atomic E-state index is 12.5. The standard InChI is InChI=1S/C22H22N2O3/c1-4-26-20-11-16-9-15(3)27-21(16)12-17(20)10-18(13-23)22(25)24-19-7-5-14(2)6-8-19/h5-8,10-12,15H,4,9H2,1-3H3,(H,24,25)/b18-10+/t15-/m0/s1. The number of carbonyl (C=O) groups excluding carboxylic acids is 1. The lowest BCUT2D eigenvalue weighted by atomic mass is 10.0. The van der Waals surface area contributed by atoms with Crippen molar-refractivity contribution in [2.45, 2.75) is 33.3 Å². The first kappa shape index (κ1) is 18.5. The minimum absolute atomic E-state index is 0.00234. The maximum atomic E-state index is 12.5. The fourth-order valence-corrected chi connectivity index (χ4v) is 2.99. The van der Waals surface area contributed by atoms with Crippen LogP contribution in [0.2, 0.25) is 0 Å². The molecule has 0 unspecified atom stereocenters. The van der Waals surface area contributed by atoms with Crippen LogP contribution in [-0.2, 0) is 11.2 Å². The van der Waals surface area contributed by atoms with Crippen molar-refractivity contribution in [2.24, 2.45) is 0 Å². The normalized spacial score (nSPS) is 15.5. The number of nitrogens with zero attached hydrogens (tertiary/aromatic N) is 1. The summed E-state index contributed by atoms with van der Waals surface area (Å²) in [6.45, 7) is 6.37. The van der Waals surface area contributed by atoms with Gasteiger partial charge in [-0.2, -0.15) is 5.26 Å². The Bertz CT molecular complexity index is 924. The van der Waals surface area contributed by atoms with Crippen LogP contribution >= 0.6 is 0 Å². The van der Waals surface area contributed by atoms with Crippen molar-refractivity contribution in [2.75, 3.05) is 11.9 Å². The molecule has 1 amide bonds. The Labute approximate surface area is 159 Å². The van der Waals surface area contributed by atoms with E-state index in [1.54, 1.807) is 18.2 Å². The van der Waals surface area contributed by atoms with E-state index in [2.05, 4.69) is 5.32 Å². The second-order valence-corrected chi connectivity index (χ2v) is 6.55. The SMILES string of the molecule is CCOc1cc2c(cc1/C=C(\C#N)C(=O)Nc1ccc(C)cc1)O[C@@H](C)C2. The first-order valence-electron chi connectivity index (χ1n) is 8.96. The summed E-state index contributed by atoms with van der Waals surface area (Å²) < 4.78 is 11.5. The van der Waals surface area contributed by atoms with Crippen LogP contribution in [-0.4, -0.2) is 18.6 Å². The summed E-state index contributed by atoms with van der Waals surface area (Å²) in [4.78, 5) is 12.5. The molecule has 0 spiro atoms. The number of carbonyl (C=O) groups is 1. The zero-order valence-corrected chi connectivity index (χ0v) is 15.7. The van der Waals surface area contributed by atoms with Gasteiger partial charge < -0.3 is 14.8 Å². The Hall–Kier alpha value is -3.26. The molecule has 2 aromatic carbocycles. The van der Waals surface area contributed by atoms with Crippen molar-refractivity contribution in [1.29, 1.82) is 5.26 Å². The number of amides is 1. The molecule has 0 saturated heterocycles. The predicted molar refractivity (Wildman–Crippen MR) is 105 cm³/mol. The number of rotatable bonds is 5. The maximum Gasteiger partial charge on any atom is 0.266 e. The first-order valence-corrected chi connectivity index (χ1v) is 8.96. The van der Waals surface area contributed by atoms with E-state index >= 15 is 0 Å². The van der Waals surface area contributed by atoms with Gasteiger partial charge in [0.25, 0.3) is 5.91 Å². The Balaban J connectivity index is 1.90. The van der Waals surface area contributed by atoms with E-state index in [0.29, 0.717) is 23.6 Å². The summed E-state index contributed by atoms with van der Waals surface area (Å²) in [5.41, 5.74) is 3.47. The fourth-order valence-electron chi connectivity index (χ4n) is 2.99. The van der Waals surface area contributed by atoms with Crippen molar-refractivity contribution >= 4 is 17.7 Å². The zero-order valence-electron chi connectivity index (χ0n) is 15.7. The van der Waals surface area contributed by atoms with Gasteiger partial charge in [0.1, 0.15) is 29.2 Å². The lowest BCUT2D eigenvalue weighted by molar-refractivity contribution is -0.112. The van der Waals surface area contributed by atoms with E-state index in [0.717, 1.165) is 23.3 Å². The number of hydrogen-bond donors (Lipinski definition) is 1. The minimum atomic E-state index is -0.460. The molecule has 0 aromatic heterocycles. The lowest BCUT2D eigenvalue weighted by Crippen LogP contribution is -2.13. The number of ether oxygens (including phenoxy) is 2. The van der Waals surface area contributed by atoms with E-state index in [-0.39, 0.29) is 11.7 Å². The van der Waals surface area contributed by atoms with Gasteiger partial charge in [-0.05, 0) is 51.1 Å². The van der Waals surface area contributed by atoms with Gasteiger partial charge in [0.05, 0.1) is 6.61 Å². The van der Waals surface area contributed by atoms with Gasteiger partial charge in [0, 0.05) is 23.2 Å². The molecule has 1 heterocycles. The van der Waals surface area contributed by atoms with Crippen molar-refractivity contribution in [3.8, 4) is 17.6 Å². The zero-order chi connectivity index (χ0) is 19.4. The predicted octanol–water partition coefficient (Wildman–Crippen LogP) is 4.26. The van der Waals surface area contributed by atoms with Gasteiger partial charge in [-0.3, -0.25) is 4.79 Å². The molecule has 0 fully saturated rings. The summed E-state index contributed by atoms with van der Waals surface area (Å²) in [5, 5.41) is 12.2. The van der Waals surface area contributed by atoms with Crippen molar-refractivity contribution in [1.82, 2.24) is 0 Å². The quantitative estimate of drug-likeness (QED) is 0.637. The van der Waals surface area contributed by atoms with Crippen molar-refractivity contribution < 1.29 is 14.3 Å². The van der Waals surface area contributed by atoms with Gasteiger partial charge in [-0.15, -0.1) is 0 Å². The molecule has 3 rings (SSSR count). The van der Waals surface area contributed by atoms with Crippen LogP contribution in [0, 0.1) is 18.3 Å². The number of fused-ring (bicyclic) bond motifs is 1. The van der Waals surface area contributed by atoms with Crippen LogP contribution in [0.4, 0.5) is 5.69 Å². The van der Waals surface area contributed by atoms with Crippen LogP contribution < -0.4 is 14.8 Å². The third-order valence-electron chi connectivity index (χ3n) is 4.30. The van der Waals surface area contributed by atoms with E-state index < -0.39 is 5.91 Å². The highest BCUT2D eigenvalue weighted by atomic mass is 16.5. The molecule has 27 heavy (non-hydrogen) atoms. The number of nitriles is 1. The third kappa shape index (κ3) is 4.29. The average molecular weight is 362 g/mol. The van der Waals surface area contributed by atoms with Gasteiger partial charge in [0.15, 0.2) is 0 Å². The largest absolute Gasteiger partial charge is 0.493 e. The van der Waals surface area contributed by atoms with E-state index in [1.165, 1.54) is 0 Å². The van der Waals surface area contributed by atoms with Crippen LogP contribution in [0.25, 0.3) is 6.08 Å². The molecular formula is C22H22N2O3. The Morgan fingerprint density at radius 3 is 2.78 bits per heavy atom. The summed E-state index contributed by atoms with van der Waals surface area (Å²) in [6, 6.07) is 13.2. The van der Waals surface area contributed by atoms with Crippen LogP contribution in [0.5, 0.6) is 11.5 Å². The van der Waals surface area contributed by atoms with E-state index in [4.69, 9.17) is 9.47 Å². The third-order valence-corrected chi connectivity index (χ3v) is 4.30. The highest BCUT2D eigenvalue weighted by Gasteiger charge is 2.22. The Morgan fingerprint density at radius 1 is 1.37 bits per heavy atom. The Kier molecular flexibility index (Phi) is 5.46. The number of anilines is 1. The molecule has 0 bridgehead atoms. The molecule has 2 aromatic rings. The topological polar surface area (TPSA) is 71.3 Å². The second-order valence-electron chi connectivity index (χ2n) is 6.55. The average Bonchev–Trinajstić information content (AvgIpc) is 3.00. The molecule has 1 N–H and O–H groups in total. The van der Waals surface area contributed by atoms with Gasteiger partial charge in [-0.25, -0.2) is 0 Å². The van der Waals surface area contributed by atoms with Gasteiger partial charge in [-0.1, -0.05) is 17.7 Å².